The van der Waals surface area contributed by atoms with E-state index in [0.717, 1.165) is 16.5 Å². The van der Waals surface area contributed by atoms with Gasteiger partial charge in [-0.1, -0.05) is 24.3 Å². The average Bonchev–Trinajstić information content (AvgIpc) is 3.12. The fourth-order valence-electron chi connectivity index (χ4n) is 2.36. The van der Waals surface area contributed by atoms with E-state index in [9.17, 15) is 4.79 Å². The van der Waals surface area contributed by atoms with Crippen molar-refractivity contribution >= 4 is 34.0 Å². The molecule has 0 radical (unpaired) electrons. The largest absolute Gasteiger partial charge is 0.496 e. The van der Waals surface area contributed by atoms with Crippen LogP contribution in [-0.2, 0) is 6.54 Å². The molecule has 0 aliphatic rings. The topological polar surface area (TPSA) is 63.5 Å². The van der Waals surface area contributed by atoms with Crippen molar-refractivity contribution in [2.24, 2.45) is 0 Å². The van der Waals surface area contributed by atoms with E-state index in [1.54, 1.807) is 18.4 Å². The van der Waals surface area contributed by atoms with Gasteiger partial charge < -0.3 is 14.5 Å². The number of thiocarbonyl (C=S) groups is 1. The molecule has 2 aromatic carbocycles. The molecule has 1 heterocycles. The van der Waals surface area contributed by atoms with Crippen molar-refractivity contribution in [3.05, 3.63) is 66.1 Å². The molecule has 0 bridgehead atoms. The Balaban J connectivity index is 1.74. The summed E-state index contributed by atoms with van der Waals surface area (Å²) in [5.74, 6) is 0.907. The van der Waals surface area contributed by atoms with Crippen LogP contribution in [-0.4, -0.2) is 18.1 Å². The van der Waals surface area contributed by atoms with Crippen LogP contribution >= 0.6 is 12.2 Å². The van der Waals surface area contributed by atoms with Crippen LogP contribution in [0.15, 0.2) is 59.2 Å². The molecule has 0 unspecified atom stereocenters. The zero-order chi connectivity index (χ0) is 16.9. The highest BCUT2D eigenvalue weighted by molar-refractivity contribution is 7.80. The average molecular weight is 340 g/mol. The van der Waals surface area contributed by atoms with Crippen molar-refractivity contribution in [2.75, 3.05) is 7.11 Å². The van der Waals surface area contributed by atoms with E-state index in [-0.39, 0.29) is 11.0 Å². The molecule has 0 saturated heterocycles. The highest BCUT2D eigenvalue weighted by atomic mass is 32.1. The molecular weight excluding hydrogens is 324 g/mol. The van der Waals surface area contributed by atoms with Gasteiger partial charge in [0.2, 0.25) is 0 Å². The Morgan fingerprint density at radius 2 is 1.92 bits per heavy atom. The maximum absolute atomic E-state index is 12.5. The molecule has 0 saturated carbocycles. The molecule has 2 N–H and O–H groups in total. The minimum absolute atomic E-state index is 0.228. The van der Waals surface area contributed by atoms with Gasteiger partial charge in [-0.15, -0.1) is 0 Å². The first-order chi connectivity index (χ1) is 11.7. The number of hydrogen-bond donors (Lipinski definition) is 2. The molecule has 6 heteroatoms. The molecule has 24 heavy (non-hydrogen) atoms. The second-order valence-corrected chi connectivity index (χ2v) is 5.52. The smallest absolute Gasteiger partial charge is 0.261 e. The molecule has 3 aromatic rings. The van der Waals surface area contributed by atoms with Crippen LogP contribution in [0.4, 0.5) is 0 Å². The Labute approximate surface area is 144 Å². The van der Waals surface area contributed by atoms with Gasteiger partial charge in [-0.05, 0) is 47.3 Å². The summed E-state index contributed by atoms with van der Waals surface area (Å²) < 4.78 is 10.5. The fourth-order valence-corrected chi connectivity index (χ4v) is 2.53. The van der Waals surface area contributed by atoms with E-state index < -0.39 is 0 Å². The Bertz CT molecular complexity index is 875. The summed E-state index contributed by atoms with van der Waals surface area (Å²) in [7, 11) is 1.54. The van der Waals surface area contributed by atoms with Crippen molar-refractivity contribution in [2.45, 2.75) is 6.54 Å². The van der Waals surface area contributed by atoms with E-state index >= 15 is 0 Å². The van der Waals surface area contributed by atoms with Gasteiger partial charge in [0.1, 0.15) is 11.5 Å². The zero-order valence-corrected chi connectivity index (χ0v) is 13.9. The Morgan fingerprint density at radius 3 is 2.58 bits per heavy atom. The first-order valence-corrected chi connectivity index (χ1v) is 7.76. The molecule has 3 rings (SSSR count). The first-order valence-electron chi connectivity index (χ1n) is 7.35. The summed E-state index contributed by atoms with van der Waals surface area (Å²) in [5, 5.41) is 7.77. The normalized spacial score (nSPS) is 10.4. The number of hydrogen-bond acceptors (Lipinski definition) is 4. The first kappa shape index (κ1) is 16.0. The predicted octanol–water partition coefficient (Wildman–Crippen LogP) is 3.25. The van der Waals surface area contributed by atoms with Crippen molar-refractivity contribution in [3.63, 3.8) is 0 Å². The van der Waals surface area contributed by atoms with Crippen molar-refractivity contribution < 1.29 is 13.9 Å². The quantitative estimate of drug-likeness (QED) is 0.714. The number of furan rings is 1. The van der Waals surface area contributed by atoms with Gasteiger partial charge in [-0.25, -0.2) is 0 Å². The van der Waals surface area contributed by atoms with Gasteiger partial charge >= 0.3 is 0 Å². The number of amides is 1. The minimum atomic E-state index is -0.324. The molecule has 0 aliphatic heterocycles. The molecular formula is C18H16N2O3S. The Hall–Kier alpha value is -2.86. The summed E-state index contributed by atoms with van der Waals surface area (Å²) >= 11 is 5.15. The SMILES string of the molecule is COc1cc2ccccc2cc1C(=O)NC(=S)NCc1ccco1. The van der Waals surface area contributed by atoms with Crippen LogP contribution in [0.25, 0.3) is 10.8 Å². The maximum atomic E-state index is 12.5. The van der Waals surface area contributed by atoms with E-state index in [1.807, 2.05) is 36.4 Å². The number of nitrogens with one attached hydrogen (secondary N) is 2. The number of rotatable bonds is 4. The summed E-state index contributed by atoms with van der Waals surface area (Å²) in [6.07, 6.45) is 1.58. The third kappa shape index (κ3) is 3.55. The summed E-state index contributed by atoms with van der Waals surface area (Å²) in [6, 6.07) is 15.0. The molecule has 5 nitrogen and oxygen atoms in total. The van der Waals surface area contributed by atoms with E-state index in [1.165, 1.54) is 7.11 Å². The Kier molecular flexibility index (Phi) is 4.77. The second-order valence-electron chi connectivity index (χ2n) is 5.12. The van der Waals surface area contributed by atoms with Crippen LogP contribution in [0.1, 0.15) is 16.1 Å². The Morgan fingerprint density at radius 1 is 1.17 bits per heavy atom. The fraction of sp³-hybridized carbons (Fsp3) is 0.111. The van der Waals surface area contributed by atoms with Crippen molar-refractivity contribution in [1.29, 1.82) is 0 Å². The molecule has 1 aromatic heterocycles. The van der Waals surface area contributed by atoms with Crippen LogP contribution in [0.5, 0.6) is 5.75 Å². The molecule has 0 atom stereocenters. The van der Waals surface area contributed by atoms with Crippen LogP contribution in [0.2, 0.25) is 0 Å². The van der Waals surface area contributed by atoms with Gasteiger partial charge in [0, 0.05) is 0 Å². The summed E-state index contributed by atoms with van der Waals surface area (Å²) in [5.41, 5.74) is 0.429. The number of benzene rings is 2. The lowest BCUT2D eigenvalue weighted by Gasteiger charge is -2.12. The van der Waals surface area contributed by atoms with Gasteiger partial charge in [0.05, 0.1) is 25.5 Å². The van der Waals surface area contributed by atoms with Crippen LogP contribution < -0.4 is 15.4 Å². The highest BCUT2D eigenvalue weighted by Gasteiger charge is 2.15. The highest BCUT2D eigenvalue weighted by Crippen LogP contribution is 2.25. The number of methoxy groups -OCH3 is 1. The monoisotopic (exact) mass is 340 g/mol. The lowest BCUT2D eigenvalue weighted by atomic mass is 10.1. The van der Waals surface area contributed by atoms with Crippen LogP contribution in [0.3, 0.4) is 0 Å². The zero-order valence-electron chi connectivity index (χ0n) is 13.0. The molecule has 0 aliphatic carbocycles. The van der Waals surface area contributed by atoms with E-state index in [2.05, 4.69) is 10.6 Å². The lowest BCUT2D eigenvalue weighted by Crippen LogP contribution is -2.38. The maximum Gasteiger partial charge on any atom is 0.261 e. The number of fused-ring (bicyclic) bond motifs is 1. The predicted molar refractivity (Wildman–Crippen MR) is 96.1 cm³/mol. The molecule has 1 amide bonds. The van der Waals surface area contributed by atoms with Gasteiger partial charge in [0.25, 0.3) is 5.91 Å². The standard InChI is InChI=1S/C18H16N2O3S/c1-22-16-10-13-6-3-2-5-12(13)9-15(16)17(21)20-18(24)19-11-14-7-4-8-23-14/h2-10H,11H2,1H3,(H2,19,20,21,24). The number of ether oxygens (including phenoxy) is 1. The molecule has 122 valence electrons. The molecule has 0 spiro atoms. The minimum Gasteiger partial charge on any atom is -0.496 e. The van der Waals surface area contributed by atoms with Crippen LogP contribution in [0, 0.1) is 0 Å². The summed E-state index contributed by atoms with van der Waals surface area (Å²) in [6.45, 7) is 0.404. The van der Waals surface area contributed by atoms with Crippen molar-refractivity contribution in [1.82, 2.24) is 10.6 Å². The number of carbonyl (C=O) groups excluding carboxylic acids is 1. The molecule has 0 fully saturated rings. The third-order valence-corrected chi connectivity index (χ3v) is 3.79. The lowest BCUT2D eigenvalue weighted by molar-refractivity contribution is 0.0974. The third-order valence-electron chi connectivity index (χ3n) is 3.54. The van der Waals surface area contributed by atoms with Gasteiger partial charge in [-0.2, -0.15) is 0 Å². The van der Waals surface area contributed by atoms with E-state index in [4.69, 9.17) is 21.4 Å². The second kappa shape index (κ2) is 7.14. The summed E-state index contributed by atoms with van der Waals surface area (Å²) in [4.78, 5) is 12.5. The number of carbonyl (C=O) groups is 1. The van der Waals surface area contributed by atoms with Gasteiger partial charge in [-0.3, -0.25) is 10.1 Å². The van der Waals surface area contributed by atoms with E-state index in [0.29, 0.717) is 17.9 Å². The van der Waals surface area contributed by atoms with Crippen molar-refractivity contribution in [3.8, 4) is 5.75 Å². The van der Waals surface area contributed by atoms with Gasteiger partial charge in [0.15, 0.2) is 5.11 Å².